The molecular formula is C33H35NO6. The third kappa shape index (κ3) is 7.10. The van der Waals surface area contributed by atoms with Gasteiger partial charge in [-0.2, -0.15) is 0 Å². The van der Waals surface area contributed by atoms with E-state index in [-0.39, 0.29) is 19.0 Å². The van der Waals surface area contributed by atoms with Crippen LogP contribution in [0.25, 0.3) is 10.9 Å². The number of pyridine rings is 1. The Kier molecular flexibility index (Phi) is 9.14. The van der Waals surface area contributed by atoms with Crippen molar-refractivity contribution in [3.8, 4) is 17.2 Å². The number of rotatable bonds is 11. The summed E-state index contributed by atoms with van der Waals surface area (Å²) in [6, 6.07) is 23.6. The second-order valence-electron chi connectivity index (χ2n) is 10.0. The Morgan fingerprint density at radius 2 is 1.60 bits per heavy atom. The number of hydrogen-bond acceptors (Lipinski definition) is 7. The van der Waals surface area contributed by atoms with E-state index in [9.17, 15) is 4.79 Å². The average molecular weight is 542 g/mol. The number of carbonyl (C=O) groups is 1. The van der Waals surface area contributed by atoms with Crippen molar-refractivity contribution in [1.82, 2.24) is 4.98 Å². The fourth-order valence-electron chi connectivity index (χ4n) is 4.80. The number of hydrogen-bond donors (Lipinski definition) is 0. The van der Waals surface area contributed by atoms with Crippen molar-refractivity contribution in [3.63, 3.8) is 0 Å². The number of carbonyl (C=O) groups excluding carboxylic acids is 1. The Labute approximate surface area is 235 Å². The van der Waals surface area contributed by atoms with E-state index < -0.39 is 0 Å². The molecule has 1 aliphatic heterocycles. The predicted molar refractivity (Wildman–Crippen MR) is 153 cm³/mol. The Bertz CT molecular complexity index is 1430. The van der Waals surface area contributed by atoms with Crippen LogP contribution in [-0.4, -0.2) is 37.9 Å². The van der Waals surface area contributed by atoms with Gasteiger partial charge in [-0.05, 0) is 61.1 Å². The van der Waals surface area contributed by atoms with Crippen LogP contribution in [0.5, 0.6) is 17.2 Å². The highest BCUT2D eigenvalue weighted by Crippen LogP contribution is 2.32. The summed E-state index contributed by atoms with van der Waals surface area (Å²) in [6.45, 7) is 4.82. The molecule has 40 heavy (non-hydrogen) atoms. The molecule has 3 aromatic carbocycles. The molecule has 0 unspecified atom stereocenters. The van der Waals surface area contributed by atoms with Crippen LogP contribution in [0.3, 0.4) is 0 Å². The van der Waals surface area contributed by atoms with Crippen LogP contribution >= 0.6 is 0 Å². The summed E-state index contributed by atoms with van der Waals surface area (Å²) in [5, 5.41) is 0.962. The molecule has 0 radical (unpaired) electrons. The van der Waals surface area contributed by atoms with E-state index in [1.54, 1.807) is 0 Å². The van der Waals surface area contributed by atoms with Crippen molar-refractivity contribution < 1.29 is 28.5 Å². The maximum absolute atomic E-state index is 12.0. The van der Waals surface area contributed by atoms with Gasteiger partial charge in [-0.1, -0.05) is 42.5 Å². The van der Waals surface area contributed by atoms with Crippen molar-refractivity contribution in [2.24, 2.45) is 5.92 Å². The number of methoxy groups -OCH3 is 1. The van der Waals surface area contributed by atoms with Gasteiger partial charge in [0.25, 0.3) is 0 Å². The molecule has 0 N–H and O–H groups in total. The zero-order valence-corrected chi connectivity index (χ0v) is 23.1. The van der Waals surface area contributed by atoms with Crippen molar-refractivity contribution in [2.75, 3.05) is 26.9 Å². The highest BCUT2D eigenvalue weighted by Gasteiger charge is 2.17. The van der Waals surface area contributed by atoms with Crippen LogP contribution < -0.4 is 14.2 Å². The first-order valence-corrected chi connectivity index (χ1v) is 13.7. The Hall–Kier alpha value is -4.10. The first-order valence-electron chi connectivity index (χ1n) is 13.7. The number of benzene rings is 3. The van der Waals surface area contributed by atoms with E-state index in [0.29, 0.717) is 30.6 Å². The number of ether oxygens (including phenoxy) is 5. The fraction of sp³-hybridized carbons (Fsp3) is 0.333. The number of nitrogens with zero attached hydrogens (tertiary/aromatic N) is 1. The van der Waals surface area contributed by atoms with Gasteiger partial charge in [0.05, 0.1) is 31.3 Å². The van der Waals surface area contributed by atoms with Crippen molar-refractivity contribution in [2.45, 2.75) is 39.4 Å². The van der Waals surface area contributed by atoms with E-state index in [1.807, 2.05) is 79.7 Å². The van der Waals surface area contributed by atoms with Gasteiger partial charge >= 0.3 is 5.97 Å². The summed E-state index contributed by atoms with van der Waals surface area (Å²) >= 11 is 0. The zero-order valence-electron chi connectivity index (χ0n) is 23.1. The summed E-state index contributed by atoms with van der Waals surface area (Å²) in [6.07, 6.45) is 2.09. The zero-order chi connectivity index (χ0) is 27.7. The number of esters is 1. The van der Waals surface area contributed by atoms with Gasteiger partial charge in [0.1, 0.15) is 30.5 Å². The molecular weight excluding hydrogens is 506 g/mol. The largest absolute Gasteiger partial charge is 0.493 e. The molecule has 1 aliphatic rings. The van der Waals surface area contributed by atoms with Gasteiger partial charge in [0, 0.05) is 30.2 Å². The minimum atomic E-state index is -0.320. The summed E-state index contributed by atoms with van der Waals surface area (Å²) < 4.78 is 29.1. The van der Waals surface area contributed by atoms with E-state index in [4.69, 9.17) is 28.7 Å². The molecule has 7 nitrogen and oxygen atoms in total. The second-order valence-corrected chi connectivity index (χ2v) is 10.0. The lowest BCUT2D eigenvalue weighted by Crippen LogP contribution is -2.21. The lowest BCUT2D eigenvalue weighted by molar-refractivity contribution is -0.139. The Morgan fingerprint density at radius 1 is 0.875 bits per heavy atom. The van der Waals surface area contributed by atoms with Crippen molar-refractivity contribution in [3.05, 3.63) is 95.2 Å². The Morgan fingerprint density at radius 3 is 2.38 bits per heavy atom. The Balaban J connectivity index is 1.36. The first kappa shape index (κ1) is 27.5. The molecule has 0 amide bonds. The standard InChI is InChI=1S/C33H35NO6/c1-23-31(34-30-11-7-6-10-29(30)33(23)40-21-24-8-4-3-5-9-24)22-39-28-17-26(18-32(35)36-2)16-27(19-28)38-20-25-12-14-37-15-13-25/h3-11,16-17,19,25H,12-15,18,20-22H2,1-2H3. The monoisotopic (exact) mass is 541 g/mol. The summed E-state index contributed by atoms with van der Waals surface area (Å²) in [5.74, 6) is 2.19. The quantitative estimate of drug-likeness (QED) is 0.209. The smallest absolute Gasteiger partial charge is 0.309 e. The fourth-order valence-corrected chi connectivity index (χ4v) is 4.80. The van der Waals surface area contributed by atoms with Crippen LogP contribution in [0, 0.1) is 12.8 Å². The number of para-hydroxylation sites is 1. The molecule has 0 spiro atoms. The van der Waals surface area contributed by atoms with Crippen LogP contribution in [0.15, 0.2) is 72.8 Å². The number of fused-ring (bicyclic) bond motifs is 1. The molecule has 7 heteroatoms. The SMILES string of the molecule is COC(=O)Cc1cc(OCc2nc3ccccc3c(OCc3ccccc3)c2C)cc(OCC2CCOCC2)c1. The van der Waals surface area contributed by atoms with Gasteiger partial charge in [-0.3, -0.25) is 4.79 Å². The maximum Gasteiger partial charge on any atom is 0.309 e. The van der Waals surface area contributed by atoms with Crippen molar-refractivity contribution in [1.29, 1.82) is 0 Å². The highest BCUT2D eigenvalue weighted by atomic mass is 16.5. The predicted octanol–water partition coefficient (Wildman–Crippen LogP) is 6.22. The molecule has 1 saturated heterocycles. The van der Waals surface area contributed by atoms with Gasteiger partial charge in [-0.15, -0.1) is 0 Å². The molecule has 5 rings (SSSR count). The average Bonchev–Trinajstić information content (AvgIpc) is 2.99. The van der Waals surface area contributed by atoms with Gasteiger partial charge in [0.2, 0.25) is 0 Å². The van der Waals surface area contributed by atoms with Crippen LogP contribution in [0.2, 0.25) is 0 Å². The second kappa shape index (κ2) is 13.3. The van der Waals surface area contributed by atoms with Crippen LogP contribution in [-0.2, 0) is 33.9 Å². The maximum atomic E-state index is 12.0. The van der Waals surface area contributed by atoms with E-state index in [2.05, 4.69) is 0 Å². The third-order valence-electron chi connectivity index (χ3n) is 7.12. The normalized spacial score (nSPS) is 13.7. The minimum Gasteiger partial charge on any atom is -0.493 e. The van der Waals surface area contributed by atoms with Gasteiger partial charge in [-0.25, -0.2) is 4.98 Å². The van der Waals surface area contributed by atoms with Gasteiger partial charge < -0.3 is 23.7 Å². The van der Waals surface area contributed by atoms with E-state index >= 15 is 0 Å². The van der Waals surface area contributed by atoms with E-state index in [1.165, 1.54) is 7.11 Å². The van der Waals surface area contributed by atoms with Crippen LogP contribution in [0.4, 0.5) is 0 Å². The lowest BCUT2D eigenvalue weighted by Gasteiger charge is -2.22. The molecule has 0 saturated carbocycles. The molecule has 208 valence electrons. The number of aromatic nitrogens is 1. The first-order chi connectivity index (χ1) is 19.6. The summed E-state index contributed by atoms with van der Waals surface area (Å²) in [5.41, 5.74) is 4.41. The minimum absolute atomic E-state index is 0.131. The molecule has 0 bridgehead atoms. The molecule has 2 heterocycles. The lowest BCUT2D eigenvalue weighted by atomic mass is 10.0. The topological polar surface area (TPSA) is 76.1 Å². The van der Waals surface area contributed by atoms with Crippen LogP contribution in [0.1, 0.15) is 35.2 Å². The molecule has 0 atom stereocenters. The molecule has 1 fully saturated rings. The molecule has 1 aromatic heterocycles. The van der Waals surface area contributed by atoms with Crippen molar-refractivity contribution >= 4 is 16.9 Å². The molecule has 0 aliphatic carbocycles. The van der Waals surface area contributed by atoms with E-state index in [0.717, 1.165) is 65.1 Å². The summed E-state index contributed by atoms with van der Waals surface area (Å²) in [7, 11) is 1.39. The third-order valence-corrected chi connectivity index (χ3v) is 7.12. The van der Waals surface area contributed by atoms with Gasteiger partial charge in [0.15, 0.2) is 0 Å². The molecule has 4 aromatic rings. The highest BCUT2D eigenvalue weighted by molar-refractivity contribution is 5.86. The summed E-state index contributed by atoms with van der Waals surface area (Å²) in [4.78, 5) is 16.9.